The quantitative estimate of drug-likeness (QED) is 0.684. The van der Waals surface area contributed by atoms with Gasteiger partial charge < -0.3 is 0 Å². The van der Waals surface area contributed by atoms with Gasteiger partial charge in [0.15, 0.2) is 5.82 Å². The lowest BCUT2D eigenvalue weighted by Crippen LogP contribution is -1.91. The predicted molar refractivity (Wildman–Crippen MR) is 77.9 cm³/mol. The van der Waals surface area contributed by atoms with E-state index in [2.05, 4.69) is 9.97 Å². The molecule has 92 valence electrons. The van der Waals surface area contributed by atoms with Crippen LogP contribution in [0.3, 0.4) is 0 Å². The summed E-state index contributed by atoms with van der Waals surface area (Å²) in [6.07, 6.45) is 1.78. The van der Waals surface area contributed by atoms with Gasteiger partial charge in [0, 0.05) is 22.3 Å². The Morgan fingerprint density at radius 2 is 1.47 bits per heavy atom. The summed E-state index contributed by atoms with van der Waals surface area (Å²) in [6.45, 7) is 0. The van der Waals surface area contributed by atoms with Crippen LogP contribution >= 0.6 is 11.6 Å². The molecule has 2 aromatic carbocycles. The van der Waals surface area contributed by atoms with Crippen molar-refractivity contribution in [3.05, 3.63) is 71.9 Å². The van der Waals surface area contributed by atoms with Crippen LogP contribution < -0.4 is 0 Å². The van der Waals surface area contributed by atoms with Crippen LogP contribution in [0.15, 0.2) is 66.9 Å². The molecule has 0 saturated carbocycles. The van der Waals surface area contributed by atoms with Gasteiger partial charge in [-0.25, -0.2) is 9.97 Å². The third-order valence-corrected chi connectivity index (χ3v) is 3.08. The van der Waals surface area contributed by atoms with E-state index in [4.69, 9.17) is 11.6 Å². The first-order valence-corrected chi connectivity index (χ1v) is 6.35. The lowest BCUT2D eigenvalue weighted by molar-refractivity contribution is 1.18. The Balaban J connectivity index is 2.03. The molecule has 1 aromatic heterocycles. The number of halogens is 1. The minimum absolute atomic E-state index is 0.706. The van der Waals surface area contributed by atoms with Crippen molar-refractivity contribution < 1.29 is 0 Å². The highest BCUT2D eigenvalue weighted by Crippen LogP contribution is 2.21. The topological polar surface area (TPSA) is 25.8 Å². The Kier molecular flexibility index (Phi) is 3.25. The van der Waals surface area contributed by atoms with Gasteiger partial charge in [0.25, 0.3) is 0 Å². The summed E-state index contributed by atoms with van der Waals surface area (Å²) in [5.74, 6) is 0.706. The largest absolute Gasteiger partial charge is 0.237 e. The molecule has 0 amide bonds. The van der Waals surface area contributed by atoms with Crippen molar-refractivity contribution in [1.29, 1.82) is 0 Å². The maximum absolute atomic E-state index is 5.89. The zero-order valence-corrected chi connectivity index (χ0v) is 10.9. The van der Waals surface area contributed by atoms with Crippen LogP contribution in [0.4, 0.5) is 0 Å². The van der Waals surface area contributed by atoms with E-state index < -0.39 is 0 Å². The molecule has 1 heterocycles. The maximum atomic E-state index is 5.89. The van der Waals surface area contributed by atoms with Gasteiger partial charge in [0.2, 0.25) is 0 Å². The molecule has 3 aromatic rings. The molecular formula is C16H11ClN2. The summed E-state index contributed by atoms with van der Waals surface area (Å²) in [5.41, 5.74) is 2.96. The van der Waals surface area contributed by atoms with E-state index in [0.717, 1.165) is 16.8 Å². The first-order valence-electron chi connectivity index (χ1n) is 5.97. The molecule has 0 N–H and O–H groups in total. The van der Waals surface area contributed by atoms with Crippen molar-refractivity contribution in [2.24, 2.45) is 0 Å². The van der Waals surface area contributed by atoms with E-state index in [1.165, 1.54) is 0 Å². The average molecular weight is 267 g/mol. The Morgan fingerprint density at radius 1 is 0.737 bits per heavy atom. The predicted octanol–water partition coefficient (Wildman–Crippen LogP) is 4.46. The highest BCUT2D eigenvalue weighted by atomic mass is 35.5. The summed E-state index contributed by atoms with van der Waals surface area (Å²) >= 11 is 5.89. The molecular weight excluding hydrogens is 256 g/mol. The first-order chi connectivity index (χ1) is 9.33. The van der Waals surface area contributed by atoms with E-state index in [1.807, 2.05) is 60.7 Å². The molecule has 3 heteroatoms. The van der Waals surface area contributed by atoms with E-state index in [1.54, 1.807) is 6.20 Å². The van der Waals surface area contributed by atoms with Gasteiger partial charge in [-0.15, -0.1) is 0 Å². The molecule has 0 bridgehead atoms. The number of benzene rings is 2. The Bertz CT molecular complexity index is 679. The standard InChI is InChI=1S/C16H11ClN2/c17-14-8-6-13(7-9-14)16-18-11-10-15(19-16)12-4-2-1-3-5-12/h1-11H. The van der Waals surface area contributed by atoms with Crippen molar-refractivity contribution >= 4 is 11.6 Å². The van der Waals surface area contributed by atoms with Gasteiger partial charge in [0.1, 0.15) is 0 Å². The molecule has 0 aliphatic rings. The second-order valence-corrected chi connectivity index (χ2v) is 4.57. The van der Waals surface area contributed by atoms with Crippen LogP contribution in [-0.2, 0) is 0 Å². The van der Waals surface area contributed by atoms with Gasteiger partial charge in [-0.05, 0) is 30.3 Å². The van der Waals surface area contributed by atoms with Crippen molar-refractivity contribution in [2.75, 3.05) is 0 Å². The summed E-state index contributed by atoms with van der Waals surface area (Å²) in [4.78, 5) is 8.90. The Labute approximate surface area is 116 Å². The molecule has 3 rings (SSSR count). The highest BCUT2D eigenvalue weighted by Gasteiger charge is 2.04. The fraction of sp³-hybridized carbons (Fsp3) is 0. The lowest BCUT2D eigenvalue weighted by Gasteiger charge is -2.04. The normalized spacial score (nSPS) is 10.4. The second kappa shape index (κ2) is 5.21. The molecule has 0 aliphatic heterocycles. The fourth-order valence-electron chi connectivity index (χ4n) is 1.87. The molecule has 2 nitrogen and oxygen atoms in total. The minimum Gasteiger partial charge on any atom is -0.237 e. The molecule has 0 radical (unpaired) electrons. The van der Waals surface area contributed by atoms with Gasteiger partial charge in [-0.3, -0.25) is 0 Å². The smallest absolute Gasteiger partial charge is 0.159 e. The van der Waals surface area contributed by atoms with Crippen LogP contribution in [0.1, 0.15) is 0 Å². The van der Waals surface area contributed by atoms with Gasteiger partial charge in [-0.2, -0.15) is 0 Å². The molecule has 0 unspecified atom stereocenters. The number of aromatic nitrogens is 2. The molecule has 0 atom stereocenters. The van der Waals surface area contributed by atoms with Crippen LogP contribution in [0.25, 0.3) is 22.6 Å². The van der Waals surface area contributed by atoms with Crippen molar-refractivity contribution in [3.8, 4) is 22.6 Å². The fourth-order valence-corrected chi connectivity index (χ4v) is 1.99. The third kappa shape index (κ3) is 2.64. The van der Waals surface area contributed by atoms with Crippen molar-refractivity contribution in [3.63, 3.8) is 0 Å². The molecule has 0 fully saturated rings. The number of nitrogens with zero attached hydrogens (tertiary/aromatic N) is 2. The Morgan fingerprint density at radius 3 is 2.21 bits per heavy atom. The molecule has 0 spiro atoms. The van der Waals surface area contributed by atoms with E-state index in [-0.39, 0.29) is 0 Å². The SMILES string of the molecule is Clc1ccc(-c2nccc(-c3ccccc3)n2)cc1. The third-order valence-electron chi connectivity index (χ3n) is 2.83. The number of hydrogen-bond acceptors (Lipinski definition) is 2. The zero-order chi connectivity index (χ0) is 13.1. The van der Waals surface area contributed by atoms with Crippen LogP contribution in [-0.4, -0.2) is 9.97 Å². The van der Waals surface area contributed by atoms with E-state index >= 15 is 0 Å². The summed E-state index contributed by atoms with van der Waals surface area (Å²) in [6, 6.07) is 19.5. The van der Waals surface area contributed by atoms with E-state index in [0.29, 0.717) is 10.8 Å². The summed E-state index contributed by atoms with van der Waals surface area (Å²) in [5, 5.41) is 0.711. The second-order valence-electron chi connectivity index (χ2n) is 4.14. The van der Waals surface area contributed by atoms with Crippen molar-refractivity contribution in [2.45, 2.75) is 0 Å². The molecule has 0 saturated heterocycles. The van der Waals surface area contributed by atoms with Gasteiger partial charge in [0.05, 0.1) is 5.69 Å². The monoisotopic (exact) mass is 266 g/mol. The Hall–Kier alpha value is -2.19. The first kappa shape index (κ1) is 11.9. The van der Waals surface area contributed by atoms with Crippen LogP contribution in [0, 0.1) is 0 Å². The molecule has 19 heavy (non-hydrogen) atoms. The summed E-state index contributed by atoms with van der Waals surface area (Å²) < 4.78 is 0. The van der Waals surface area contributed by atoms with Gasteiger partial charge in [-0.1, -0.05) is 41.9 Å². The van der Waals surface area contributed by atoms with Crippen molar-refractivity contribution in [1.82, 2.24) is 9.97 Å². The van der Waals surface area contributed by atoms with Gasteiger partial charge >= 0.3 is 0 Å². The molecule has 0 aliphatic carbocycles. The van der Waals surface area contributed by atoms with Crippen LogP contribution in [0.5, 0.6) is 0 Å². The average Bonchev–Trinajstić information content (AvgIpc) is 2.49. The highest BCUT2D eigenvalue weighted by molar-refractivity contribution is 6.30. The zero-order valence-electron chi connectivity index (χ0n) is 10.1. The minimum atomic E-state index is 0.706. The summed E-state index contributed by atoms with van der Waals surface area (Å²) in [7, 11) is 0. The lowest BCUT2D eigenvalue weighted by atomic mass is 10.1. The van der Waals surface area contributed by atoms with E-state index in [9.17, 15) is 0 Å². The maximum Gasteiger partial charge on any atom is 0.159 e. The number of rotatable bonds is 2. The number of hydrogen-bond donors (Lipinski definition) is 0. The van der Waals surface area contributed by atoms with Crippen LogP contribution in [0.2, 0.25) is 5.02 Å².